The third-order valence-corrected chi connectivity index (χ3v) is 4.32. The fourth-order valence-corrected chi connectivity index (χ4v) is 3.03. The third-order valence-electron chi connectivity index (χ3n) is 3.52. The van der Waals surface area contributed by atoms with Gasteiger partial charge in [-0.05, 0) is 0 Å². The molecule has 0 aliphatic heterocycles. The summed E-state index contributed by atoms with van der Waals surface area (Å²) in [5, 5.41) is 12.2. The summed E-state index contributed by atoms with van der Waals surface area (Å²) < 4.78 is 0. The first kappa shape index (κ1) is 16.1. The first-order valence-corrected chi connectivity index (χ1v) is 8.42. The lowest BCUT2D eigenvalue weighted by Crippen LogP contribution is -2.23. The minimum atomic E-state index is -0.949. The van der Waals surface area contributed by atoms with Crippen molar-refractivity contribution in [1.29, 1.82) is 0 Å². The molecule has 4 nitrogen and oxygen atoms in total. The van der Waals surface area contributed by atoms with Gasteiger partial charge in [-0.15, -0.1) is 11.3 Å². The molecule has 0 amide bonds. The SMILES string of the molecule is O=C(O)C(Cc1nccs1)N=C(c1ccccc1)c1ccccc1. The van der Waals surface area contributed by atoms with Crippen molar-refractivity contribution in [3.05, 3.63) is 88.4 Å². The number of thiazole rings is 1. The van der Waals surface area contributed by atoms with E-state index in [0.717, 1.165) is 16.1 Å². The zero-order valence-corrected chi connectivity index (χ0v) is 13.7. The van der Waals surface area contributed by atoms with Crippen molar-refractivity contribution in [1.82, 2.24) is 4.98 Å². The van der Waals surface area contributed by atoms with E-state index >= 15 is 0 Å². The van der Waals surface area contributed by atoms with E-state index in [4.69, 9.17) is 0 Å². The Bertz CT molecular complexity index is 774. The second-order valence-corrected chi connectivity index (χ2v) is 6.17. The monoisotopic (exact) mass is 336 g/mol. The zero-order valence-electron chi connectivity index (χ0n) is 12.9. The molecular weight excluding hydrogens is 320 g/mol. The molecule has 0 radical (unpaired) electrons. The number of carbonyl (C=O) groups is 1. The summed E-state index contributed by atoms with van der Waals surface area (Å²) >= 11 is 1.44. The van der Waals surface area contributed by atoms with Crippen LogP contribution in [-0.2, 0) is 11.2 Å². The average Bonchev–Trinajstić information content (AvgIpc) is 3.13. The Labute approximate surface area is 144 Å². The minimum absolute atomic E-state index is 0.288. The van der Waals surface area contributed by atoms with Crippen LogP contribution in [0.4, 0.5) is 0 Å². The summed E-state index contributed by atoms with van der Waals surface area (Å²) in [6.45, 7) is 0. The van der Waals surface area contributed by atoms with Crippen molar-refractivity contribution in [3.8, 4) is 0 Å². The van der Waals surface area contributed by atoms with E-state index in [-0.39, 0.29) is 6.42 Å². The van der Waals surface area contributed by atoms with Crippen molar-refractivity contribution >= 4 is 23.0 Å². The number of carboxylic acids is 1. The molecule has 0 saturated carbocycles. The molecule has 0 bridgehead atoms. The van der Waals surface area contributed by atoms with Gasteiger partial charge in [0.15, 0.2) is 6.04 Å². The van der Waals surface area contributed by atoms with Gasteiger partial charge >= 0.3 is 5.97 Å². The Hall–Kier alpha value is -2.79. The lowest BCUT2D eigenvalue weighted by Gasteiger charge is -2.12. The van der Waals surface area contributed by atoms with Crippen LogP contribution in [0.25, 0.3) is 0 Å². The number of rotatable bonds is 6. The van der Waals surface area contributed by atoms with Crippen LogP contribution < -0.4 is 0 Å². The highest BCUT2D eigenvalue weighted by Crippen LogP contribution is 2.15. The highest BCUT2D eigenvalue weighted by atomic mass is 32.1. The molecule has 0 spiro atoms. The van der Waals surface area contributed by atoms with Crippen LogP contribution in [0.5, 0.6) is 0 Å². The lowest BCUT2D eigenvalue weighted by molar-refractivity contribution is -0.138. The zero-order chi connectivity index (χ0) is 16.8. The minimum Gasteiger partial charge on any atom is -0.480 e. The summed E-state index contributed by atoms with van der Waals surface area (Å²) in [6.07, 6.45) is 1.97. The second kappa shape index (κ2) is 7.66. The Balaban J connectivity index is 2.02. The van der Waals surface area contributed by atoms with Crippen LogP contribution in [0.15, 0.2) is 77.2 Å². The number of hydrogen-bond acceptors (Lipinski definition) is 4. The Morgan fingerprint density at radius 3 is 2.08 bits per heavy atom. The molecule has 0 fully saturated rings. The molecule has 5 heteroatoms. The van der Waals surface area contributed by atoms with Crippen molar-refractivity contribution in [2.75, 3.05) is 0 Å². The third kappa shape index (κ3) is 3.94. The summed E-state index contributed by atoms with van der Waals surface area (Å²) in [5.74, 6) is -0.949. The fraction of sp³-hybridized carbons (Fsp3) is 0.105. The van der Waals surface area contributed by atoms with Gasteiger partial charge in [0.2, 0.25) is 0 Å². The van der Waals surface area contributed by atoms with Gasteiger partial charge in [-0.3, -0.25) is 4.99 Å². The molecule has 1 heterocycles. The molecule has 0 aliphatic rings. The number of carboxylic acid groups (broad SMARTS) is 1. The molecule has 3 rings (SSSR count). The maximum absolute atomic E-state index is 11.7. The van der Waals surface area contributed by atoms with E-state index in [9.17, 15) is 9.90 Å². The largest absolute Gasteiger partial charge is 0.480 e. The normalized spacial score (nSPS) is 11.7. The molecule has 24 heavy (non-hydrogen) atoms. The molecule has 120 valence electrons. The van der Waals surface area contributed by atoms with Crippen molar-refractivity contribution < 1.29 is 9.90 Å². The molecule has 2 aromatic carbocycles. The van der Waals surface area contributed by atoms with Gasteiger partial charge < -0.3 is 5.11 Å². The molecule has 1 atom stereocenters. The molecule has 1 aromatic heterocycles. The van der Waals surface area contributed by atoms with Crippen LogP contribution in [-0.4, -0.2) is 27.8 Å². The second-order valence-electron chi connectivity index (χ2n) is 5.19. The topological polar surface area (TPSA) is 62.5 Å². The number of benzene rings is 2. The molecule has 0 saturated heterocycles. The van der Waals surface area contributed by atoms with E-state index in [1.54, 1.807) is 6.20 Å². The summed E-state index contributed by atoms with van der Waals surface area (Å²) in [5.41, 5.74) is 2.48. The van der Waals surface area contributed by atoms with Gasteiger partial charge in [-0.25, -0.2) is 9.78 Å². The van der Waals surface area contributed by atoms with Crippen LogP contribution in [0.3, 0.4) is 0 Å². The average molecular weight is 336 g/mol. The van der Waals surface area contributed by atoms with Crippen molar-refractivity contribution in [3.63, 3.8) is 0 Å². The summed E-state index contributed by atoms with van der Waals surface area (Å²) in [6, 6.07) is 18.4. The van der Waals surface area contributed by atoms with E-state index in [2.05, 4.69) is 9.98 Å². The van der Waals surface area contributed by atoms with Crippen LogP contribution in [0.2, 0.25) is 0 Å². The fourth-order valence-electron chi connectivity index (χ4n) is 2.37. The number of aliphatic carboxylic acids is 1. The molecule has 3 aromatic rings. The highest BCUT2D eigenvalue weighted by molar-refractivity contribution is 7.09. The summed E-state index contributed by atoms with van der Waals surface area (Å²) in [7, 11) is 0. The Kier molecular flexibility index (Phi) is 5.13. The molecule has 0 aliphatic carbocycles. The maximum Gasteiger partial charge on any atom is 0.328 e. The van der Waals surface area contributed by atoms with Gasteiger partial charge in [0.05, 0.1) is 10.7 Å². The molecular formula is C19H16N2O2S. The summed E-state index contributed by atoms with van der Waals surface area (Å²) in [4.78, 5) is 20.4. The highest BCUT2D eigenvalue weighted by Gasteiger charge is 2.20. The van der Waals surface area contributed by atoms with Gasteiger partial charge in [0.1, 0.15) is 0 Å². The lowest BCUT2D eigenvalue weighted by atomic mass is 10.0. The van der Waals surface area contributed by atoms with Gasteiger partial charge in [0.25, 0.3) is 0 Å². The first-order valence-electron chi connectivity index (χ1n) is 7.54. The van der Waals surface area contributed by atoms with E-state index < -0.39 is 12.0 Å². The van der Waals surface area contributed by atoms with Gasteiger partial charge in [-0.1, -0.05) is 60.7 Å². The Morgan fingerprint density at radius 1 is 1.04 bits per heavy atom. The van der Waals surface area contributed by atoms with Gasteiger partial charge in [-0.2, -0.15) is 0 Å². The number of aliphatic imine (C=N–C) groups is 1. The van der Waals surface area contributed by atoms with E-state index in [1.165, 1.54) is 11.3 Å². The standard InChI is InChI=1S/C19H16N2O2S/c22-19(23)16(13-17-20-11-12-24-17)21-18(14-7-3-1-4-8-14)15-9-5-2-6-10-15/h1-12,16H,13H2,(H,22,23). The van der Waals surface area contributed by atoms with E-state index in [0.29, 0.717) is 5.71 Å². The number of hydrogen-bond donors (Lipinski definition) is 1. The first-order chi connectivity index (χ1) is 11.7. The van der Waals surface area contributed by atoms with Crippen LogP contribution in [0.1, 0.15) is 16.1 Å². The molecule has 1 unspecified atom stereocenters. The smallest absolute Gasteiger partial charge is 0.328 e. The predicted octanol–water partition coefficient (Wildman–Crippen LogP) is 3.68. The molecule has 1 N–H and O–H groups in total. The number of aromatic nitrogens is 1. The predicted molar refractivity (Wildman–Crippen MR) is 95.8 cm³/mol. The maximum atomic E-state index is 11.7. The van der Waals surface area contributed by atoms with Crippen LogP contribution in [0, 0.1) is 0 Å². The van der Waals surface area contributed by atoms with Crippen LogP contribution >= 0.6 is 11.3 Å². The van der Waals surface area contributed by atoms with Crippen molar-refractivity contribution in [2.24, 2.45) is 4.99 Å². The van der Waals surface area contributed by atoms with Crippen molar-refractivity contribution in [2.45, 2.75) is 12.5 Å². The Morgan fingerprint density at radius 2 is 1.62 bits per heavy atom. The van der Waals surface area contributed by atoms with Gasteiger partial charge in [0, 0.05) is 29.1 Å². The number of nitrogens with zero attached hydrogens (tertiary/aromatic N) is 2. The quantitative estimate of drug-likeness (QED) is 0.699. The van der Waals surface area contributed by atoms with E-state index in [1.807, 2.05) is 66.0 Å².